The average molecular weight is 393 g/mol. The highest BCUT2D eigenvalue weighted by Gasteiger charge is 2.32. The second-order valence-corrected chi connectivity index (χ2v) is 8.21. The van der Waals surface area contributed by atoms with Gasteiger partial charge in [0.05, 0.1) is 12.9 Å². The van der Waals surface area contributed by atoms with Crippen LogP contribution >= 0.6 is 0 Å². The molecule has 2 N–H and O–H groups in total. The second kappa shape index (κ2) is 8.51. The van der Waals surface area contributed by atoms with Gasteiger partial charge in [-0.2, -0.15) is 0 Å². The molecule has 0 bridgehead atoms. The molecule has 0 aromatic heterocycles. The van der Waals surface area contributed by atoms with Gasteiger partial charge in [-0.15, -0.1) is 0 Å². The van der Waals surface area contributed by atoms with E-state index >= 15 is 0 Å². The van der Waals surface area contributed by atoms with Crippen LogP contribution in [0.4, 0.5) is 0 Å². The van der Waals surface area contributed by atoms with Gasteiger partial charge in [-0.05, 0) is 43.7 Å². The summed E-state index contributed by atoms with van der Waals surface area (Å²) in [5, 5.41) is 9.89. The quantitative estimate of drug-likeness (QED) is 0.666. The zero-order chi connectivity index (χ0) is 20.1. The molecule has 1 unspecified atom stereocenters. The summed E-state index contributed by atoms with van der Waals surface area (Å²) in [6.45, 7) is 2.69. The number of benzene rings is 2. The summed E-state index contributed by atoms with van der Waals surface area (Å²) < 4.78 is 36.7. The molecule has 0 radical (unpaired) electrons. The fourth-order valence-electron chi connectivity index (χ4n) is 2.21. The second-order valence-electron chi connectivity index (χ2n) is 6.40. The normalized spacial score (nSPS) is 13.6. The van der Waals surface area contributed by atoms with Crippen molar-refractivity contribution in [3.05, 3.63) is 59.7 Å². The lowest BCUT2D eigenvalue weighted by Gasteiger charge is -2.20. The first-order chi connectivity index (χ1) is 12.6. The zero-order valence-electron chi connectivity index (χ0n) is 15.4. The molecule has 0 saturated heterocycles. The molecule has 146 valence electrons. The van der Waals surface area contributed by atoms with Gasteiger partial charge in [0, 0.05) is 6.54 Å². The Bertz CT molecular complexity index is 873. The third-order valence-electron chi connectivity index (χ3n) is 3.80. The summed E-state index contributed by atoms with van der Waals surface area (Å²) in [4.78, 5) is 11.4. The highest BCUT2D eigenvalue weighted by atomic mass is 32.2. The van der Waals surface area contributed by atoms with Gasteiger partial charge in [-0.3, -0.25) is 0 Å². The number of hydrogen-bond acceptors (Lipinski definition) is 6. The third kappa shape index (κ3) is 6.35. The Balaban J connectivity index is 1.96. The zero-order valence-corrected chi connectivity index (χ0v) is 16.2. The minimum atomic E-state index is -3.74. The average Bonchev–Trinajstić information content (AvgIpc) is 2.63. The first kappa shape index (κ1) is 20.9. The van der Waals surface area contributed by atoms with Crippen LogP contribution in [-0.2, 0) is 25.3 Å². The Labute approximate surface area is 159 Å². The van der Waals surface area contributed by atoms with Crippen molar-refractivity contribution in [2.75, 3.05) is 13.7 Å². The number of sulfonamides is 1. The van der Waals surface area contributed by atoms with Crippen LogP contribution in [0.3, 0.4) is 0 Å². The molecule has 0 amide bonds. The Morgan fingerprint density at radius 3 is 2.11 bits per heavy atom. The maximum Gasteiger partial charge on any atom is 0.338 e. The van der Waals surface area contributed by atoms with Crippen LogP contribution < -0.4 is 9.46 Å². The molecule has 2 aromatic carbocycles. The smallest absolute Gasteiger partial charge is 0.338 e. The Kier molecular flexibility index (Phi) is 6.59. The van der Waals surface area contributed by atoms with Gasteiger partial charge in [0.1, 0.15) is 11.5 Å². The van der Waals surface area contributed by atoms with Gasteiger partial charge in [-0.1, -0.05) is 29.8 Å². The van der Waals surface area contributed by atoms with Crippen LogP contribution in [-0.4, -0.2) is 38.7 Å². The maximum atomic E-state index is 12.2. The number of carbonyl (C=O) groups excluding carboxylic acids is 1. The lowest BCUT2D eigenvalue weighted by atomic mass is 10.1. The summed E-state index contributed by atoms with van der Waals surface area (Å²) in [6.07, 6.45) is 0. The monoisotopic (exact) mass is 393 g/mol. The van der Waals surface area contributed by atoms with E-state index in [1.54, 1.807) is 24.3 Å². The van der Waals surface area contributed by atoms with E-state index < -0.39 is 28.1 Å². The number of hydrogen-bond donors (Lipinski definition) is 2. The van der Waals surface area contributed by atoms with E-state index in [-0.39, 0.29) is 5.75 Å². The largest absolute Gasteiger partial charge is 0.467 e. The number of rotatable bonds is 8. The van der Waals surface area contributed by atoms with E-state index in [4.69, 9.17) is 4.74 Å². The van der Waals surface area contributed by atoms with Gasteiger partial charge in [0.25, 0.3) is 0 Å². The number of esters is 1. The molecular weight excluding hydrogens is 370 g/mol. The molecule has 27 heavy (non-hydrogen) atoms. The molecule has 0 fully saturated rings. The molecule has 0 saturated carbocycles. The molecule has 7 nitrogen and oxygen atoms in total. The van der Waals surface area contributed by atoms with Crippen molar-refractivity contribution in [3.8, 4) is 11.5 Å². The molecule has 0 aliphatic rings. The van der Waals surface area contributed by atoms with Gasteiger partial charge < -0.3 is 14.6 Å². The van der Waals surface area contributed by atoms with E-state index in [0.717, 1.165) is 12.7 Å². The number of nitrogens with one attached hydrogen (secondary N) is 1. The first-order valence-corrected chi connectivity index (χ1v) is 9.88. The topological polar surface area (TPSA) is 102 Å². The van der Waals surface area contributed by atoms with Gasteiger partial charge >= 0.3 is 5.97 Å². The first-order valence-electron chi connectivity index (χ1n) is 8.23. The molecule has 2 rings (SSSR count). The van der Waals surface area contributed by atoms with Gasteiger partial charge in [0.2, 0.25) is 10.0 Å². The number of carbonyl (C=O) groups is 1. The summed E-state index contributed by atoms with van der Waals surface area (Å²) >= 11 is 0. The van der Waals surface area contributed by atoms with Crippen molar-refractivity contribution in [3.63, 3.8) is 0 Å². The van der Waals surface area contributed by atoms with Crippen molar-refractivity contribution in [1.29, 1.82) is 0 Å². The Morgan fingerprint density at radius 1 is 1.07 bits per heavy atom. The minimum Gasteiger partial charge on any atom is -0.467 e. The lowest BCUT2D eigenvalue weighted by Crippen LogP contribution is -2.47. The Hall–Kier alpha value is -2.42. The molecule has 0 aliphatic carbocycles. The van der Waals surface area contributed by atoms with E-state index in [2.05, 4.69) is 9.46 Å². The van der Waals surface area contributed by atoms with Gasteiger partial charge in [-0.25, -0.2) is 17.9 Å². The highest BCUT2D eigenvalue weighted by Crippen LogP contribution is 2.22. The summed E-state index contributed by atoms with van der Waals surface area (Å²) in [5.41, 5.74) is -0.272. The van der Waals surface area contributed by atoms with E-state index in [1.807, 2.05) is 31.2 Å². The van der Waals surface area contributed by atoms with Crippen LogP contribution in [0.15, 0.2) is 48.5 Å². The highest BCUT2D eigenvalue weighted by molar-refractivity contribution is 7.88. The number of ether oxygens (including phenoxy) is 2. The van der Waals surface area contributed by atoms with Crippen molar-refractivity contribution < 1.29 is 27.8 Å². The van der Waals surface area contributed by atoms with E-state index in [0.29, 0.717) is 17.1 Å². The fraction of sp³-hybridized carbons (Fsp3) is 0.316. The number of aryl methyl sites for hydroxylation is 1. The van der Waals surface area contributed by atoms with Crippen molar-refractivity contribution in [2.45, 2.75) is 25.2 Å². The van der Waals surface area contributed by atoms with Crippen LogP contribution in [0.2, 0.25) is 0 Å². The maximum absolute atomic E-state index is 12.2. The molecule has 0 spiro atoms. The summed E-state index contributed by atoms with van der Waals surface area (Å²) in [7, 11) is -2.63. The predicted octanol–water partition coefficient (Wildman–Crippen LogP) is 2.13. The van der Waals surface area contributed by atoms with Gasteiger partial charge in [0.15, 0.2) is 5.60 Å². The van der Waals surface area contributed by atoms with Crippen molar-refractivity contribution in [2.24, 2.45) is 0 Å². The molecule has 8 heteroatoms. The van der Waals surface area contributed by atoms with Crippen LogP contribution in [0.1, 0.15) is 18.1 Å². The molecule has 1 atom stereocenters. The van der Waals surface area contributed by atoms with Crippen molar-refractivity contribution >= 4 is 16.0 Å². The van der Waals surface area contributed by atoms with E-state index in [9.17, 15) is 18.3 Å². The summed E-state index contributed by atoms with van der Waals surface area (Å²) in [5.74, 6) is 0.0618. The van der Waals surface area contributed by atoms with E-state index in [1.165, 1.54) is 6.92 Å². The molecular formula is C19H23NO6S. The number of aliphatic hydroxyl groups is 1. The molecule has 0 aliphatic heterocycles. The third-order valence-corrected chi connectivity index (χ3v) is 5.10. The Morgan fingerprint density at radius 2 is 1.59 bits per heavy atom. The SMILES string of the molecule is COC(=O)C(C)(O)CNS(=O)(=O)Cc1ccc(Oc2ccc(C)cc2)cc1. The van der Waals surface area contributed by atoms with Crippen molar-refractivity contribution in [1.82, 2.24) is 4.72 Å². The molecule has 2 aromatic rings. The fourth-order valence-corrected chi connectivity index (χ4v) is 3.44. The van der Waals surface area contributed by atoms with Crippen LogP contribution in [0, 0.1) is 6.92 Å². The van der Waals surface area contributed by atoms with Crippen LogP contribution in [0.25, 0.3) is 0 Å². The predicted molar refractivity (Wildman–Crippen MR) is 101 cm³/mol. The summed E-state index contributed by atoms with van der Waals surface area (Å²) in [6, 6.07) is 14.2. The lowest BCUT2D eigenvalue weighted by molar-refractivity contribution is -0.159. The number of methoxy groups -OCH3 is 1. The standard InChI is InChI=1S/C19H23NO6S/c1-14-4-8-16(9-5-14)26-17-10-6-15(7-11-17)12-27(23,24)20-13-19(2,22)18(21)25-3/h4-11,20,22H,12-13H2,1-3H3. The minimum absolute atomic E-state index is 0.297. The molecule has 0 heterocycles. The van der Waals surface area contributed by atoms with Crippen LogP contribution in [0.5, 0.6) is 11.5 Å².